The minimum absolute atomic E-state index is 0.546. The van der Waals surface area contributed by atoms with Gasteiger partial charge in [0.05, 0.1) is 0 Å². The molecule has 5 nitrogen and oxygen atoms in total. The van der Waals surface area contributed by atoms with Crippen molar-refractivity contribution in [3.05, 3.63) is 0 Å². The molecule has 0 saturated heterocycles. The Morgan fingerprint density at radius 1 is 1.24 bits per heavy atom. The first-order chi connectivity index (χ1) is 7.79. The third-order valence-corrected chi connectivity index (χ3v) is 1.67. The molecule has 0 spiro atoms. The van der Waals surface area contributed by atoms with Crippen LogP contribution in [0.1, 0.15) is 47.0 Å². The van der Waals surface area contributed by atoms with Crippen LogP contribution in [0.2, 0.25) is 0 Å². The van der Waals surface area contributed by atoms with Gasteiger partial charge in [-0.25, -0.2) is 4.79 Å². The predicted octanol–water partition coefficient (Wildman–Crippen LogP) is 2.81. The van der Waals surface area contributed by atoms with Crippen molar-refractivity contribution >= 4 is 12.1 Å². The number of carboxylic acids is 1. The molecule has 0 aromatic carbocycles. The van der Waals surface area contributed by atoms with Gasteiger partial charge >= 0.3 is 12.1 Å². The van der Waals surface area contributed by atoms with Gasteiger partial charge < -0.3 is 15.5 Å². The van der Waals surface area contributed by atoms with Crippen LogP contribution < -0.4 is 5.32 Å². The monoisotopic (exact) mass is 247 g/mol. The lowest BCUT2D eigenvalue weighted by atomic mass is 10.3. The molecule has 0 heterocycles. The molecule has 1 saturated carbocycles. The average molecular weight is 247 g/mol. The van der Waals surface area contributed by atoms with Gasteiger partial charge in [-0.05, 0) is 11.8 Å². The first-order valence-electron chi connectivity index (χ1n) is 5.98. The molecule has 0 unspecified atom stereocenters. The van der Waals surface area contributed by atoms with Crippen LogP contribution in [0.4, 0.5) is 4.79 Å². The van der Waals surface area contributed by atoms with Gasteiger partial charge in [0.1, 0.15) is 6.54 Å². The molecule has 0 aromatic rings. The van der Waals surface area contributed by atoms with Gasteiger partial charge in [0, 0.05) is 0 Å². The second-order valence-electron chi connectivity index (χ2n) is 4.64. The summed E-state index contributed by atoms with van der Waals surface area (Å²) in [6, 6.07) is 0. The van der Waals surface area contributed by atoms with Crippen LogP contribution in [0.25, 0.3) is 0 Å². The number of carboxylic acid groups (broad SMARTS) is 2. The molecule has 0 aliphatic heterocycles. The van der Waals surface area contributed by atoms with Crippen LogP contribution in [0.3, 0.4) is 0 Å². The Labute approximate surface area is 103 Å². The highest BCUT2D eigenvalue weighted by atomic mass is 16.4. The Hall–Kier alpha value is -1.26. The molecule has 1 rings (SSSR count). The SMILES string of the molecule is CC(C)C.CCC1CC1.O=C(O)CNC(=O)O. The fourth-order valence-electron chi connectivity index (χ4n) is 0.677. The lowest BCUT2D eigenvalue weighted by molar-refractivity contribution is -0.135. The highest BCUT2D eigenvalue weighted by molar-refractivity contribution is 5.75. The molecule has 0 atom stereocenters. The van der Waals surface area contributed by atoms with E-state index in [1.807, 2.05) is 0 Å². The van der Waals surface area contributed by atoms with Crippen molar-refractivity contribution in [3.8, 4) is 0 Å². The third kappa shape index (κ3) is 31.3. The molecular weight excluding hydrogens is 222 g/mol. The van der Waals surface area contributed by atoms with Gasteiger partial charge in [-0.15, -0.1) is 0 Å². The highest BCUT2D eigenvalue weighted by Crippen LogP contribution is 2.31. The van der Waals surface area contributed by atoms with Crippen LogP contribution in [-0.2, 0) is 4.79 Å². The van der Waals surface area contributed by atoms with E-state index in [2.05, 4.69) is 27.7 Å². The number of aliphatic carboxylic acids is 1. The molecule has 0 bridgehead atoms. The lowest BCUT2D eigenvalue weighted by Gasteiger charge is -1.90. The standard InChI is InChI=1S/C5H10.C4H10.C3H5NO4/c1-2-5-3-4-5;1-4(2)3;5-2(6)1-4-3(7)8/h5H,2-4H2,1H3;4H,1-3H3;4H,1H2,(H,5,6)(H,7,8). The van der Waals surface area contributed by atoms with Crippen molar-refractivity contribution in [3.63, 3.8) is 0 Å². The normalized spacial score (nSPS) is 12.8. The Kier molecular flexibility index (Phi) is 12.0. The number of hydrogen-bond acceptors (Lipinski definition) is 2. The van der Waals surface area contributed by atoms with Crippen LogP contribution in [0.15, 0.2) is 0 Å². The van der Waals surface area contributed by atoms with E-state index in [9.17, 15) is 9.59 Å². The van der Waals surface area contributed by atoms with Gasteiger partial charge in [0.25, 0.3) is 0 Å². The summed E-state index contributed by atoms with van der Waals surface area (Å²) in [5, 5.41) is 17.3. The quantitative estimate of drug-likeness (QED) is 0.715. The van der Waals surface area contributed by atoms with E-state index in [1.54, 1.807) is 5.32 Å². The number of hydrogen-bond donors (Lipinski definition) is 3. The van der Waals surface area contributed by atoms with E-state index in [4.69, 9.17) is 10.2 Å². The first-order valence-corrected chi connectivity index (χ1v) is 5.98. The molecule has 3 N–H and O–H groups in total. The number of rotatable bonds is 3. The zero-order valence-electron chi connectivity index (χ0n) is 11.2. The molecule has 17 heavy (non-hydrogen) atoms. The fraction of sp³-hybridized carbons (Fsp3) is 0.833. The Morgan fingerprint density at radius 3 is 1.71 bits per heavy atom. The smallest absolute Gasteiger partial charge is 0.405 e. The summed E-state index contributed by atoms with van der Waals surface area (Å²) in [4.78, 5) is 19.1. The molecule has 5 heteroatoms. The van der Waals surface area contributed by atoms with Crippen molar-refractivity contribution in [2.45, 2.75) is 47.0 Å². The summed E-state index contributed by atoms with van der Waals surface area (Å²) in [5.74, 6) is 0.780. The summed E-state index contributed by atoms with van der Waals surface area (Å²) in [6.45, 7) is 8.22. The zero-order valence-corrected chi connectivity index (χ0v) is 11.2. The molecule has 1 aliphatic carbocycles. The average Bonchev–Trinajstić information content (AvgIpc) is 2.97. The summed E-state index contributed by atoms with van der Waals surface area (Å²) in [7, 11) is 0. The van der Waals surface area contributed by atoms with Crippen LogP contribution in [-0.4, -0.2) is 28.8 Å². The first kappa shape index (κ1) is 18.1. The topological polar surface area (TPSA) is 86.6 Å². The summed E-state index contributed by atoms with van der Waals surface area (Å²) < 4.78 is 0. The molecule has 1 aliphatic rings. The van der Waals surface area contributed by atoms with Gasteiger partial charge in [0.15, 0.2) is 0 Å². The van der Waals surface area contributed by atoms with Gasteiger partial charge in [0.2, 0.25) is 0 Å². The van der Waals surface area contributed by atoms with Crippen molar-refractivity contribution in [1.82, 2.24) is 5.32 Å². The molecule has 0 aromatic heterocycles. The van der Waals surface area contributed by atoms with Crippen molar-refractivity contribution in [2.75, 3.05) is 6.54 Å². The number of nitrogens with one attached hydrogen (secondary N) is 1. The van der Waals surface area contributed by atoms with Gasteiger partial charge in [-0.2, -0.15) is 0 Å². The maximum Gasteiger partial charge on any atom is 0.405 e. The molecule has 102 valence electrons. The molecule has 1 fully saturated rings. The predicted molar refractivity (Wildman–Crippen MR) is 67.2 cm³/mol. The summed E-state index contributed by atoms with van der Waals surface area (Å²) >= 11 is 0. The largest absolute Gasteiger partial charge is 0.480 e. The van der Waals surface area contributed by atoms with Crippen LogP contribution in [0.5, 0.6) is 0 Å². The van der Waals surface area contributed by atoms with E-state index < -0.39 is 18.6 Å². The van der Waals surface area contributed by atoms with Crippen molar-refractivity contribution in [1.29, 1.82) is 0 Å². The second kappa shape index (κ2) is 11.2. The highest BCUT2D eigenvalue weighted by Gasteiger charge is 2.17. The number of carbonyl (C=O) groups is 2. The summed E-state index contributed by atoms with van der Waals surface area (Å²) in [6.07, 6.45) is 3.11. The van der Waals surface area contributed by atoms with Crippen LogP contribution in [0, 0.1) is 11.8 Å². The Balaban J connectivity index is 0. The van der Waals surface area contributed by atoms with E-state index >= 15 is 0 Å². The molecule has 0 radical (unpaired) electrons. The molecule has 1 amide bonds. The van der Waals surface area contributed by atoms with E-state index in [-0.39, 0.29) is 0 Å². The second-order valence-corrected chi connectivity index (χ2v) is 4.64. The minimum Gasteiger partial charge on any atom is -0.480 e. The maximum absolute atomic E-state index is 9.58. The van der Waals surface area contributed by atoms with Crippen molar-refractivity contribution < 1.29 is 19.8 Å². The zero-order chi connectivity index (χ0) is 13.8. The van der Waals surface area contributed by atoms with E-state index in [1.165, 1.54) is 19.3 Å². The van der Waals surface area contributed by atoms with Gasteiger partial charge in [-0.1, -0.05) is 47.0 Å². The summed E-state index contributed by atoms with van der Waals surface area (Å²) in [5.41, 5.74) is 0. The fourth-order valence-corrected chi connectivity index (χ4v) is 0.677. The van der Waals surface area contributed by atoms with E-state index in [0.29, 0.717) is 0 Å². The Morgan fingerprint density at radius 2 is 1.65 bits per heavy atom. The Bertz CT molecular complexity index is 196. The third-order valence-electron chi connectivity index (χ3n) is 1.67. The van der Waals surface area contributed by atoms with E-state index in [0.717, 1.165) is 11.8 Å². The number of amides is 1. The molecular formula is C12H25NO4. The van der Waals surface area contributed by atoms with Crippen molar-refractivity contribution in [2.24, 2.45) is 11.8 Å². The van der Waals surface area contributed by atoms with Crippen LogP contribution >= 0.6 is 0 Å². The van der Waals surface area contributed by atoms with Gasteiger partial charge in [-0.3, -0.25) is 4.79 Å². The minimum atomic E-state index is -1.33. The lowest BCUT2D eigenvalue weighted by Crippen LogP contribution is -2.27. The maximum atomic E-state index is 9.58.